The lowest BCUT2D eigenvalue weighted by Gasteiger charge is -2.18. The lowest BCUT2D eigenvalue weighted by atomic mass is 10.0. The van der Waals surface area contributed by atoms with E-state index in [-0.39, 0.29) is 6.54 Å². The molecule has 0 heterocycles. The number of methoxy groups -OCH3 is 1. The fourth-order valence-electron chi connectivity index (χ4n) is 1.70. The van der Waals surface area contributed by atoms with Crippen molar-refractivity contribution in [3.8, 4) is 0 Å². The number of carbonyl (C=O) groups is 1. The highest BCUT2D eigenvalue weighted by Crippen LogP contribution is 2.22. The van der Waals surface area contributed by atoms with Crippen molar-refractivity contribution in [1.82, 2.24) is 5.32 Å². The molecular weight excluding hydrogens is 268 g/mol. The molecule has 102 valence electrons. The van der Waals surface area contributed by atoms with Crippen molar-refractivity contribution in [1.29, 1.82) is 0 Å². The van der Waals surface area contributed by atoms with Crippen LogP contribution in [0.5, 0.6) is 0 Å². The van der Waals surface area contributed by atoms with E-state index in [1.165, 1.54) is 7.11 Å². The highest BCUT2D eigenvalue weighted by Gasteiger charge is 2.22. The third-order valence-electron chi connectivity index (χ3n) is 2.60. The Hall–Kier alpha value is -1.75. The van der Waals surface area contributed by atoms with Gasteiger partial charge in [-0.3, -0.25) is 0 Å². The lowest BCUT2D eigenvalue weighted by Crippen LogP contribution is -2.31. The minimum absolute atomic E-state index is 0.261. The molecule has 1 rings (SSSR count). The van der Waals surface area contributed by atoms with Crippen LogP contribution in [0.3, 0.4) is 0 Å². The van der Waals surface area contributed by atoms with Gasteiger partial charge in [-0.1, -0.05) is 22.8 Å². The molecule has 0 aliphatic carbocycles. The number of hydrogen-bond donors (Lipinski definition) is 1. The Bertz CT molecular complexity index is 501. The average molecular weight is 283 g/mol. The van der Waals surface area contributed by atoms with Crippen LogP contribution in [0, 0.1) is 6.92 Å². The SMILES string of the molecule is COC(=O)C(NCCN=[N+]=[N-])c1ccc(Cl)cc1C. The largest absolute Gasteiger partial charge is 0.468 e. The summed E-state index contributed by atoms with van der Waals surface area (Å²) in [6.45, 7) is 2.51. The molecule has 6 nitrogen and oxygen atoms in total. The van der Waals surface area contributed by atoms with Crippen LogP contribution in [-0.4, -0.2) is 26.2 Å². The van der Waals surface area contributed by atoms with Crippen molar-refractivity contribution in [3.05, 3.63) is 44.8 Å². The summed E-state index contributed by atoms with van der Waals surface area (Å²) in [5.41, 5.74) is 9.88. The fraction of sp³-hybridized carbons (Fsp3) is 0.417. The number of rotatable bonds is 6. The van der Waals surface area contributed by atoms with Crippen LogP contribution in [0.25, 0.3) is 10.4 Å². The molecule has 1 aromatic carbocycles. The van der Waals surface area contributed by atoms with Crippen molar-refractivity contribution < 1.29 is 9.53 Å². The van der Waals surface area contributed by atoms with E-state index in [4.69, 9.17) is 21.9 Å². The number of esters is 1. The van der Waals surface area contributed by atoms with Crippen molar-refractivity contribution >= 4 is 17.6 Å². The first-order chi connectivity index (χ1) is 9.10. The predicted molar refractivity (Wildman–Crippen MR) is 73.0 cm³/mol. The van der Waals surface area contributed by atoms with Gasteiger partial charge in [0.15, 0.2) is 0 Å². The van der Waals surface area contributed by atoms with Gasteiger partial charge in [-0.25, -0.2) is 4.79 Å². The number of ether oxygens (including phenoxy) is 1. The molecule has 0 amide bonds. The number of halogens is 1. The third-order valence-corrected chi connectivity index (χ3v) is 2.84. The molecule has 19 heavy (non-hydrogen) atoms. The minimum atomic E-state index is -0.601. The molecule has 0 bridgehead atoms. The van der Waals surface area contributed by atoms with Crippen LogP contribution >= 0.6 is 11.6 Å². The van der Waals surface area contributed by atoms with Crippen LogP contribution < -0.4 is 5.32 Å². The topological polar surface area (TPSA) is 87.1 Å². The Morgan fingerprint density at radius 1 is 1.63 bits per heavy atom. The minimum Gasteiger partial charge on any atom is -0.468 e. The van der Waals surface area contributed by atoms with Crippen LogP contribution in [-0.2, 0) is 9.53 Å². The molecule has 7 heteroatoms. The van der Waals surface area contributed by atoms with Crippen LogP contribution in [0.4, 0.5) is 0 Å². The summed E-state index contributed by atoms with van der Waals surface area (Å²) >= 11 is 5.89. The zero-order chi connectivity index (χ0) is 14.3. The van der Waals surface area contributed by atoms with Gasteiger partial charge in [0.05, 0.1) is 7.11 Å². The predicted octanol–water partition coefficient (Wildman–Crippen LogP) is 2.76. The number of benzene rings is 1. The molecule has 0 fully saturated rings. The molecule has 0 saturated heterocycles. The Morgan fingerprint density at radius 2 is 2.37 bits per heavy atom. The lowest BCUT2D eigenvalue weighted by molar-refractivity contribution is -0.143. The van der Waals surface area contributed by atoms with E-state index in [1.807, 2.05) is 6.92 Å². The van der Waals surface area contributed by atoms with E-state index in [1.54, 1.807) is 18.2 Å². The average Bonchev–Trinajstić information content (AvgIpc) is 2.39. The van der Waals surface area contributed by atoms with Gasteiger partial charge in [-0.05, 0) is 35.7 Å². The quantitative estimate of drug-likeness (QED) is 0.286. The van der Waals surface area contributed by atoms with Crippen molar-refractivity contribution in [2.45, 2.75) is 13.0 Å². The summed E-state index contributed by atoms with van der Waals surface area (Å²) in [7, 11) is 1.33. The van der Waals surface area contributed by atoms with E-state index in [0.29, 0.717) is 11.6 Å². The van der Waals surface area contributed by atoms with Gasteiger partial charge in [0, 0.05) is 23.0 Å². The third kappa shape index (κ3) is 4.44. The van der Waals surface area contributed by atoms with Crippen molar-refractivity contribution in [2.75, 3.05) is 20.2 Å². The summed E-state index contributed by atoms with van der Waals surface area (Å²) in [6, 6.07) is 4.67. The standard InChI is InChI=1S/C12H15ClN4O2/c1-8-7-9(13)3-4-10(8)11(12(18)19-2)15-5-6-16-17-14/h3-4,7,11,15H,5-6H2,1-2H3. The van der Waals surface area contributed by atoms with E-state index in [0.717, 1.165) is 11.1 Å². The summed E-state index contributed by atoms with van der Waals surface area (Å²) in [4.78, 5) is 14.4. The van der Waals surface area contributed by atoms with Gasteiger partial charge < -0.3 is 10.1 Å². The normalized spacial score (nSPS) is 11.5. The monoisotopic (exact) mass is 282 g/mol. The molecular formula is C12H15ClN4O2. The molecule has 0 spiro atoms. The first-order valence-electron chi connectivity index (χ1n) is 5.68. The maximum absolute atomic E-state index is 11.8. The summed E-state index contributed by atoms with van der Waals surface area (Å²) < 4.78 is 4.77. The Morgan fingerprint density at radius 3 is 2.95 bits per heavy atom. The summed E-state index contributed by atoms with van der Waals surface area (Å²) in [5.74, 6) is -0.397. The van der Waals surface area contributed by atoms with Crippen molar-refractivity contribution in [3.63, 3.8) is 0 Å². The molecule has 1 aromatic rings. The van der Waals surface area contributed by atoms with Gasteiger partial charge in [0.25, 0.3) is 0 Å². The first kappa shape index (κ1) is 15.3. The van der Waals surface area contributed by atoms with E-state index < -0.39 is 12.0 Å². The zero-order valence-corrected chi connectivity index (χ0v) is 11.5. The van der Waals surface area contributed by atoms with Gasteiger partial charge in [0.2, 0.25) is 0 Å². The maximum atomic E-state index is 11.8. The van der Waals surface area contributed by atoms with E-state index in [9.17, 15) is 4.79 Å². The molecule has 0 aliphatic rings. The van der Waals surface area contributed by atoms with Gasteiger partial charge in [-0.15, -0.1) is 0 Å². The van der Waals surface area contributed by atoms with Gasteiger partial charge in [-0.2, -0.15) is 0 Å². The van der Waals surface area contributed by atoms with Crippen LogP contribution in [0.2, 0.25) is 5.02 Å². The number of aryl methyl sites for hydroxylation is 1. The summed E-state index contributed by atoms with van der Waals surface area (Å²) in [6.07, 6.45) is 0. The maximum Gasteiger partial charge on any atom is 0.327 e. The highest BCUT2D eigenvalue weighted by atomic mass is 35.5. The second-order valence-corrected chi connectivity index (χ2v) is 4.30. The number of nitrogens with one attached hydrogen (secondary N) is 1. The number of hydrogen-bond acceptors (Lipinski definition) is 4. The van der Waals surface area contributed by atoms with Crippen LogP contribution in [0.1, 0.15) is 17.2 Å². The molecule has 1 unspecified atom stereocenters. The van der Waals surface area contributed by atoms with Gasteiger partial charge in [0.1, 0.15) is 6.04 Å². The number of nitrogens with zero attached hydrogens (tertiary/aromatic N) is 3. The summed E-state index contributed by atoms with van der Waals surface area (Å²) in [5, 5.41) is 7.01. The van der Waals surface area contributed by atoms with E-state index in [2.05, 4.69) is 15.3 Å². The fourth-order valence-corrected chi connectivity index (χ4v) is 1.93. The second-order valence-electron chi connectivity index (χ2n) is 3.87. The Labute approximate surface area is 116 Å². The first-order valence-corrected chi connectivity index (χ1v) is 6.06. The second kappa shape index (κ2) is 7.63. The smallest absolute Gasteiger partial charge is 0.327 e. The Kier molecular flexibility index (Phi) is 6.15. The van der Waals surface area contributed by atoms with Crippen LogP contribution in [0.15, 0.2) is 23.3 Å². The van der Waals surface area contributed by atoms with Gasteiger partial charge >= 0.3 is 5.97 Å². The number of carbonyl (C=O) groups excluding carboxylic acids is 1. The molecule has 0 saturated carbocycles. The van der Waals surface area contributed by atoms with E-state index >= 15 is 0 Å². The molecule has 1 N–H and O–H groups in total. The number of azide groups is 1. The molecule has 0 aromatic heterocycles. The Balaban J connectivity index is 2.89. The highest BCUT2D eigenvalue weighted by molar-refractivity contribution is 6.30. The molecule has 1 atom stereocenters. The molecule has 0 aliphatic heterocycles. The molecule has 0 radical (unpaired) electrons. The zero-order valence-electron chi connectivity index (χ0n) is 10.8. The van der Waals surface area contributed by atoms with Crippen molar-refractivity contribution in [2.24, 2.45) is 5.11 Å².